The van der Waals surface area contributed by atoms with Crippen molar-refractivity contribution >= 4 is 33.3 Å². The third kappa shape index (κ3) is 1.26. The molecular formula is C12H7ClN2. The van der Waals surface area contributed by atoms with Gasteiger partial charge in [0.25, 0.3) is 0 Å². The summed E-state index contributed by atoms with van der Waals surface area (Å²) in [6.45, 7) is 0. The van der Waals surface area contributed by atoms with Crippen LogP contribution in [-0.4, -0.2) is 9.97 Å². The topological polar surface area (TPSA) is 25.8 Å². The zero-order valence-corrected chi connectivity index (χ0v) is 8.57. The summed E-state index contributed by atoms with van der Waals surface area (Å²) in [6, 6.07) is 7.75. The second-order valence-electron chi connectivity index (χ2n) is 3.35. The zero-order chi connectivity index (χ0) is 10.3. The molecule has 2 aromatic heterocycles. The number of nitrogens with zero attached hydrogens (tertiary/aromatic N) is 2. The molecule has 0 aliphatic rings. The first-order valence-corrected chi connectivity index (χ1v) is 5.01. The van der Waals surface area contributed by atoms with Crippen LogP contribution in [0.5, 0.6) is 0 Å². The van der Waals surface area contributed by atoms with E-state index in [-0.39, 0.29) is 0 Å². The van der Waals surface area contributed by atoms with Crippen molar-refractivity contribution < 1.29 is 0 Å². The van der Waals surface area contributed by atoms with E-state index < -0.39 is 0 Å². The SMILES string of the molecule is Clc1ccnc2c1ccc1cnccc12. The summed E-state index contributed by atoms with van der Waals surface area (Å²) in [5.74, 6) is 0. The van der Waals surface area contributed by atoms with Crippen molar-refractivity contribution in [2.75, 3.05) is 0 Å². The molecular weight excluding hydrogens is 208 g/mol. The Labute approximate surface area is 91.5 Å². The van der Waals surface area contributed by atoms with Gasteiger partial charge in [0.1, 0.15) is 0 Å². The van der Waals surface area contributed by atoms with Crippen LogP contribution in [0.1, 0.15) is 0 Å². The minimum atomic E-state index is 0.735. The maximum absolute atomic E-state index is 6.10. The van der Waals surface area contributed by atoms with E-state index >= 15 is 0 Å². The van der Waals surface area contributed by atoms with Gasteiger partial charge in [0.2, 0.25) is 0 Å². The van der Waals surface area contributed by atoms with Gasteiger partial charge in [-0.25, -0.2) is 0 Å². The van der Waals surface area contributed by atoms with Gasteiger partial charge in [-0.2, -0.15) is 0 Å². The molecule has 15 heavy (non-hydrogen) atoms. The summed E-state index contributed by atoms with van der Waals surface area (Å²) in [5, 5.41) is 3.89. The number of benzene rings is 1. The third-order valence-corrected chi connectivity index (χ3v) is 2.80. The molecule has 0 fully saturated rings. The summed E-state index contributed by atoms with van der Waals surface area (Å²) < 4.78 is 0. The van der Waals surface area contributed by atoms with Gasteiger partial charge in [0, 0.05) is 34.7 Å². The summed E-state index contributed by atoms with van der Waals surface area (Å²) in [7, 11) is 0. The highest BCUT2D eigenvalue weighted by Gasteiger charge is 2.03. The van der Waals surface area contributed by atoms with Crippen LogP contribution >= 0.6 is 11.6 Å². The van der Waals surface area contributed by atoms with Crippen molar-refractivity contribution in [3.63, 3.8) is 0 Å². The lowest BCUT2D eigenvalue weighted by molar-refractivity contribution is 1.36. The van der Waals surface area contributed by atoms with Gasteiger partial charge >= 0.3 is 0 Å². The Bertz CT molecular complexity index is 649. The number of halogens is 1. The molecule has 0 amide bonds. The van der Waals surface area contributed by atoms with E-state index in [9.17, 15) is 0 Å². The Morgan fingerprint density at radius 3 is 2.80 bits per heavy atom. The summed E-state index contributed by atoms with van der Waals surface area (Å²) in [4.78, 5) is 8.44. The van der Waals surface area contributed by atoms with Crippen LogP contribution in [-0.2, 0) is 0 Å². The second-order valence-corrected chi connectivity index (χ2v) is 3.76. The molecule has 0 radical (unpaired) electrons. The number of rotatable bonds is 0. The monoisotopic (exact) mass is 214 g/mol. The molecule has 3 heteroatoms. The van der Waals surface area contributed by atoms with Crippen LogP contribution in [0.25, 0.3) is 21.7 Å². The number of hydrogen-bond donors (Lipinski definition) is 0. The molecule has 0 saturated carbocycles. The van der Waals surface area contributed by atoms with Gasteiger partial charge in [0.05, 0.1) is 10.5 Å². The Balaban J connectivity index is 2.60. The summed E-state index contributed by atoms with van der Waals surface area (Å²) in [5.41, 5.74) is 0.933. The van der Waals surface area contributed by atoms with E-state index in [1.165, 1.54) is 0 Å². The standard InChI is InChI=1S/C12H7ClN2/c13-11-4-6-15-12-9-3-5-14-7-8(9)1-2-10(11)12/h1-7H. The fraction of sp³-hybridized carbons (Fsp3) is 0. The molecule has 0 N–H and O–H groups in total. The van der Waals surface area contributed by atoms with Gasteiger partial charge in [0.15, 0.2) is 0 Å². The van der Waals surface area contributed by atoms with Gasteiger partial charge < -0.3 is 0 Å². The molecule has 0 aliphatic carbocycles. The first-order valence-electron chi connectivity index (χ1n) is 4.63. The number of aromatic nitrogens is 2. The first kappa shape index (κ1) is 8.62. The summed E-state index contributed by atoms with van der Waals surface area (Å²) >= 11 is 6.10. The highest BCUT2D eigenvalue weighted by molar-refractivity contribution is 6.36. The fourth-order valence-electron chi connectivity index (χ4n) is 1.75. The molecule has 0 atom stereocenters. The molecule has 0 bridgehead atoms. The van der Waals surface area contributed by atoms with E-state index in [1.807, 2.05) is 24.4 Å². The predicted molar refractivity (Wildman–Crippen MR) is 62.1 cm³/mol. The normalized spacial score (nSPS) is 11.0. The Morgan fingerprint density at radius 2 is 1.87 bits per heavy atom. The molecule has 0 aliphatic heterocycles. The van der Waals surface area contributed by atoms with Crippen molar-refractivity contribution in [1.82, 2.24) is 9.97 Å². The average Bonchev–Trinajstić information content (AvgIpc) is 2.29. The first-order chi connectivity index (χ1) is 7.36. The number of hydrogen-bond acceptors (Lipinski definition) is 2. The van der Waals surface area contributed by atoms with Crippen LogP contribution in [0.15, 0.2) is 42.9 Å². The van der Waals surface area contributed by atoms with Crippen LogP contribution < -0.4 is 0 Å². The lowest BCUT2D eigenvalue weighted by Gasteiger charge is -2.03. The Morgan fingerprint density at radius 1 is 0.933 bits per heavy atom. The van der Waals surface area contributed by atoms with E-state index in [0.29, 0.717) is 0 Å². The van der Waals surface area contributed by atoms with Crippen molar-refractivity contribution in [3.05, 3.63) is 47.9 Å². The largest absolute Gasteiger partial charge is 0.264 e. The second kappa shape index (κ2) is 3.17. The van der Waals surface area contributed by atoms with E-state index in [2.05, 4.69) is 9.97 Å². The Hall–Kier alpha value is -1.67. The molecule has 0 saturated heterocycles. The molecule has 2 heterocycles. The quantitative estimate of drug-likeness (QED) is 0.536. The molecule has 72 valence electrons. The minimum Gasteiger partial charge on any atom is -0.264 e. The predicted octanol–water partition coefficient (Wildman–Crippen LogP) is 3.44. The number of fused-ring (bicyclic) bond motifs is 3. The highest BCUT2D eigenvalue weighted by Crippen LogP contribution is 2.27. The minimum absolute atomic E-state index is 0.735. The molecule has 1 aromatic carbocycles. The van der Waals surface area contributed by atoms with Gasteiger partial charge in [-0.05, 0) is 12.1 Å². The van der Waals surface area contributed by atoms with Crippen LogP contribution in [0.3, 0.4) is 0 Å². The van der Waals surface area contributed by atoms with Gasteiger partial charge in [-0.3, -0.25) is 9.97 Å². The van der Waals surface area contributed by atoms with E-state index in [0.717, 1.165) is 26.7 Å². The fourth-order valence-corrected chi connectivity index (χ4v) is 1.96. The van der Waals surface area contributed by atoms with E-state index in [4.69, 9.17) is 11.6 Å². The molecule has 0 unspecified atom stereocenters. The lowest BCUT2D eigenvalue weighted by Crippen LogP contribution is -1.82. The molecule has 3 rings (SSSR count). The zero-order valence-electron chi connectivity index (χ0n) is 7.81. The number of pyridine rings is 2. The van der Waals surface area contributed by atoms with Gasteiger partial charge in [-0.1, -0.05) is 23.7 Å². The van der Waals surface area contributed by atoms with Gasteiger partial charge in [-0.15, -0.1) is 0 Å². The van der Waals surface area contributed by atoms with Crippen molar-refractivity contribution in [1.29, 1.82) is 0 Å². The van der Waals surface area contributed by atoms with Crippen molar-refractivity contribution in [2.45, 2.75) is 0 Å². The summed E-state index contributed by atoms with van der Waals surface area (Å²) in [6.07, 6.45) is 5.33. The molecule has 0 spiro atoms. The van der Waals surface area contributed by atoms with Crippen LogP contribution in [0.2, 0.25) is 5.02 Å². The maximum Gasteiger partial charge on any atom is 0.0796 e. The third-order valence-electron chi connectivity index (χ3n) is 2.47. The van der Waals surface area contributed by atoms with Crippen LogP contribution in [0.4, 0.5) is 0 Å². The van der Waals surface area contributed by atoms with Crippen molar-refractivity contribution in [2.24, 2.45) is 0 Å². The van der Waals surface area contributed by atoms with Crippen molar-refractivity contribution in [3.8, 4) is 0 Å². The smallest absolute Gasteiger partial charge is 0.0796 e. The highest BCUT2D eigenvalue weighted by atomic mass is 35.5. The maximum atomic E-state index is 6.10. The Kier molecular flexibility index (Phi) is 1.82. The lowest BCUT2D eigenvalue weighted by atomic mass is 10.1. The molecule has 2 nitrogen and oxygen atoms in total. The van der Waals surface area contributed by atoms with E-state index in [1.54, 1.807) is 18.5 Å². The van der Waals surface area contributed by atoms with Crippen LogP contribution in [0, 0.1) is 0 Å². The molecule has 3 aromatic rings. The average molecular weight is 215 g/mol.